The van der Waals surface area contributed by atoms with Gasteiger partial charge in [-0.15, -0.1) is 15.7 Å². The lowest BCUT2D eigenvalue weighted by molar-refractivity contribution is -0.120. The molecule has 2 radical (unpaired) electrons. The Morgan fingerprint density at radius 2 is 1.88 bits per heavy atom. The first-order valence-corrected chi connectivity index (χ1v) is 20.5. The largest absolute Gasteiger partial charge is 0.476 e. The number of halogens is 2. The van der Waals surface area contributed by atoms with E-state index in [-0.39, 0.29) is 40.6 Å². The number of amides is 2. The third-order valence-electron chi connectivity index (χ3n) is 10.5. The number of nitrogens with one attached hydrogen (secondary N) is 3. The third kappa shape index (κ3) is 9.67. The molecule has 0 spiro atoms. The smallest absolute Gasteiger partial charge is 0.259 e. The SMILES string of the molecule is [B]C(F)(P)c1cc(N2C(=O)C(C)(C)N(c3cnc(OCCN4CCN(CC(=O)Nc5cc(Cl)cc(NC6CCC(=C)NC6=C)c5)CC4)c(CC)c3)C2=S)ccc1C#C. The van der Waals surface area contributed by atoms with Crippen molar-refractivity contribution in [3.8, 4) is 18.2 Å². The second kappa shape index (κ2) is 17.8. The van der Waals surface area contributed by atoms with Gasteiger partial charge in [0.1, 0.15) is 25.3 Å². The van der Waals surface area contributed by atoms with Gasteiger partial charge in [-0.3, -0.25) is 24.3 Å². The maximum Gasteiger partial charge on any atom is 0.259 e. The van der Waals surface area contributed by atoms with E-state index in [1.165, 1.54) is 11.0 Å². The van der Waals surface area contributed by atoms with Gasteiger partial charge >= 0.3 is 0 Å². The van der Waals surface area contributed by atoms with Crippen molar-refractivity contribution in [2.45, 2.75) is 56.9 Å². The van der Waals surface area contributed by atoms with Crippen LogP contribution in [0.1, 0.15) is 50.3 Å². The number of hydrogen-bond donors (Lipinski definition) is 3. The van der Waals surface area contributed by atoms with Gasteiger partial charge in [0.25, 0.3) is 5.91 Å². The van der Waals surface area contributed by atoms with Crippen LogP contribution in [0, 0.1) is 12.3 Å². The minimum atomic E-state index is -2.30. The van der Waals surface area contributed by atoms with Gasteiger partial charge in [-0.1, -0.05) is 37.6 Å². The summed E-state index contributed by atoms with van der Waals surface area (Å²) >= 11 is 12.3. The number of allylic oxidation sites excluding steroid dienone is 1. The number of alkyl halides is 1. The molecule has 302 valence electrons. The minimum Gasteiger partial charge on any atom is -0.476 e. The van der Waals surface area contributed by atoms with E-state index in [0.29, 0.717) is 47.5 Å². The summed E-state index contributed by atoms with van der Waals surface area (Å²) in [6.45, 7) is 18.1. The fourth-order valence-corrected chi connectivity index (χ4v) is 8.38. The van der Waals surface area contributed by atoms with E-state index < -0.39 is 10.8 Å². The fraction of sp³-hybridized carbons (Fsp3) is 0.381. The highest BCUT2D eigenvalue weighted by Gasteiger charge is 2.50. The molecule has 0 bridgehead atoms. The predicted octanol–water partition coefficient (Wildman–Crippen LogP) is 6.15. The summed E-state index contributed by atoms with van der Waals surface area (Å²) in [5.41, 5.74) is 4.33. The molecule has 3 aliphatic rings. The van der Waals surface area contributed by atoms with Crippen LogP contribution in [-0.2, 0) is 21.3 Å². The summed E-state index contributed by atoms with van der Waals surface area (Å²) in [5, 5.41) is 8.10. The van der Waals surface area contributed by atoms with Crippen LogP contribution in [0.3, 0.4) is 0 Å². The Labute approximate surface area is 354 Å². The molecule has 0 saturated carbocycles. The molecule has 3 aliphatic heterocycles. The zero-order valence-electron chi connectivity index (χ0n) is 33.0. The van der Waals surface area contributed by atoms with Gasteiger partial charge in [-0.2, -0.15) is 0 Å². The molecular weight excluding hydrogens is 793 g/mol. The van der Waals surface area contributed by atoms with Crippen LogP contribution in [0.4, 0.5) is 27.1 Å². The Kier molecular flexibility index (Phi) is 13.2. The molecule has 0 aliphatic carbocycles. The maximum absolute atomic E-state index is 14.9. The average molecular weight is 841 g/mol. The Morgan fingerprint density at radius 1 is 1.17 bits per heavy atom. The summed E-state index contributed by atoms with van der Waals surface area (Å²) in [5.74, 6) is 2.55. The number of carbonyl (C=O) groups is 2. The molecule has 3 N–H and O–H groups in total. The highest BCUT2D eigenvalue weighted by Crippen LogP contribution is 2.40. The number of aromatic nitrogens is 1. The number of thiocarbonyl (C=S) groups is 1. The highest BCUT2D eigenvalue weighted by atomic mass is 35.5. The number of terminal acetylenes is 1. The number of piperazine rings is 1. The van der Waals surface area contributed by atoms with Crippen molar-refractivity contribution in [2.24, 2.45) is 0 Å². The van der Waals surface area contributed by atoms with E-state index in [0.717, 1.165) is 61.7 Å². The fourth-order valence-electron chi connectivity index (χ4n) is 7.38. The number of hydrogen-bond acceptors (Lipinski definition) is 9. The summed E-state index contributed by atoms with van der Waals surface area (Å²) in [6.07, 6.45) is 9.58. The summed E-state index contributed by atoms with van der Waals surface area (Å²) < 4.78 is 21.1. The number of piperidine rings is 1. The van der Waals surface area contributed by atoms with Crippen LogP contribution in [0.5, 0.6) is 5.88 Å². The molecule has 3 atom stereocenters. The van der Waals surface area contributed by atoms with Gasteiger partial charge in [-0.25, -0.2) is 9.37 Å². The Bertz CT molecular complexity index is 2170. The summed E-state index contributed by atoms with van der Waals surface area (Å²) in [6, 6.07) is 12.1. The molecule has 3 saturated heterocycles. The number of pyridine rings is 1. The molecule has 2 amide bonds. The lowest BCUT2D eigenvalue weighted by Crippen LogP contribution is -2.49. The normalized spacial score (nSPS) is 19.7. The number of nitrogens with zero attached hydrogens (tertiary/aromatic N) is 5. The number of rotatable bonds is 13. The van der Waals surface area contributed by atoms with Gasteiger partial charge in [0.05, 0.1) is 30.2 Å². The zero-order valence-corrected chi connectivity index (χ0v) is 35.8. The van der Waals surface area contributed by atoms with Gasteiger partial charge in [0.15, 0.2) is 5.11 Å². The molecule has 3 unspecified atom stereocenters. The van der Waals surface area contributed by atoms with Crippen molar-refractivity contribution in [3.05, 3.63) is 94.9 Å². The molecule has 3 fully saturated rings. The maximum atomic E-state index is 14.9. The first-order valence-electron chi connectivity index (χ1n) is 19.1. The van der Waals surface area contributed by atoms with E-state index in [2.05, 4.69) is 49.8 Å². The van der Waals surface area contributed by atoms with Crippen LogP contribution < -0.4 is 30.5 Å². The topological polar surface area (TPSA) is 105 Å². The van der Waals surface area contributed by atoms with Crippen molar-refractivity contribution in [3.63, 3.8) is 0 Å². The third-order valence-corrected chi connectivity index (χ3v) is 11.4. The van der Waals surface area contributed by atoms with E-state index in [1.54, 1.807) is 43.1 Å². The standard InChI is InChI=1S/C42H48BClFN8O3PS/c1-7-28-10-11-33(23-35(28)42(43,45)57)52-39(55)41(5,6)53(40(52)58)34-19-29(8-2)38(46-24-34)56-18-17-50-13-15-51(16-14-50)25-37(54)49-32-21-30(44)20-31(22-32)48-36-12-9-26(3)47-27(36)4/h1,10-11,19-24,36,47-48H,3-4,8-9,12-18,25,57H2,2,5-6H3,(H,49,54). The van der Waals surface area contributed by atoms with Gasteiger partial charge in [0, 0.05) is 77.2 Å². The molecule has 16 heteroatoms. The van der Waals surface area contributed by atoms with Gasteiger partial charge < -0.3 is 25.6 Å². The zero-order chi connectivity index (χ0) is 41.9. The number of benzene rings is 2. The lowest BCUT2D eigenvalue weighted by atomic mass is 9.89. The number of ether oxygens (including phenoxy) is 1. The van der Waals surface area contributed by atoms with E-state index >= 15 is 0 Å². The van der Waals surface area contributed by atoms with Crippen molar-refractivity contribution in [1.82, 2.24) is 20.1 Å². The molecule has 6 rings (SSSR count). The van der Waals surface area contributed by atoms with Crippen LogP contribution in [0.15, 0.2) is 73.2 Å². The van der Waals surface area contributed by atoms with Crippen LogP contribution in [-0.4, -0.2) is 97.0 Å². The number of carbonyl (C=O) groups excluding carboxylic acids is 2. The quantitative estimate of drug-likeness (QED) is 0.0805. The highest BCUT2D eigenvalue weighted by molar-refractivity contribution is 7.81. The second-order valence-corrected chi connectivity index (χ2v) is 16.8. The first kappa shape index (κ1) is 43.1. The van der Waals surface area contributed by atoms with E-state index in [9.17, 15) is 14.0 Å². The van der Waals surface area contributed by atoms with Gasteiger partial charge in [0.2, 0.25) is 11.8 Å². The molecule has 58 heavy (non-hydrogen) atoms. The first-order chi connectivity index (χ1) is 27.5. The minimum absolute atomic E-state index is 0.0300. The number of aryl methyl sites for hydroxylation is 1. The van der Waals surface area contributed by atoms with Crippen LogP contribution >= 0.6 is 33.1 Å². The van der Waals surface area contributed by atoms with Crippen molar-refractivity contribution < 1.29 is 18.7 Å². The van der Waals surface area contributed by atoms with Crippen molar-refractivity contribution >= 4 is 80.6 Å². The summed E-state index contributed by atoms with van der Waals surface area (Å²) in [4.78, 5) is 39.1. The van der Waals surface area contributed by atoms with Crippen molar-refractivity contribution in [2.75, 3.05) is 66.3 Å². The molecule has 11 nitrogen and oxygen atoms in total. The molecular formula is C42H48BClFN8O3PS. The number of anilines is 4. The lowest BCUT2D eigenvalue weighted by Gasteiger charge is -2.34. The Hall–Kier alpha value is -4.51. The van der Waals surface area contributed by atoms with Gasteiger partial charge in [-0.05, 0) is 87.8 Å². The average Bonchev–Trinajstić information content (AvgIpc) is 3.34. The summed E-state index contributed by atoms with van der Waals surface area (Å²) in [7, 11) is 7.68. The van der Waals surface area contributed by atoms with Crippen molar-refractivity contribution in [1.29, 1.82) is 0 Å². The van der Waals surface area contributed by atoms with E-state index in [1.807, 2.05) is 34.4 Å². The molecule has 2 aromatic carbocycles. The molecule has 1 aromatic heterocycles. The Balaban J connectivity index is 1.00. The predicted molar refractivity (Wildman–Crippen MR) is 239 cm³/mol. The van der Waals surface area contributed by atoms with E-state index in [4.69, 9.17) is 42.8 Å². The monoisotopic (exact) mass is 840 g/mol. The van der Waals surface area contributed by atoms with Crippen LogP contribution in [0.2, 0.25) is 5.02 Å². The second-order valence-electron chi connectivity index (χ2n) is 15.2. The molecule has 3 aromatic rings. The van der Waals surface area contributed by atoms with Crippen LogP contribution in [0.25, 0.3) is 0 Å². The Morgan fingerprint density at radius 3 is 2.55 bits per heavy atom. The molecule has 4 heterocycles.